The summed E-state index contributed by atoms with van der Waals surface area (Å²) < 4.78 is 5.66. The van der Waals surface area contributed by atoms with Gasteiger partial charge in [-0.3, -0.25) is 14.4 Å². The molecule has 0 bridgehead atoms. The maximum atomic E-state index is 14.0. The number of aliphatic hydroxyl groups is 3. The Kier molecular flexibility index (Phi) is 5.84. The number of Topliss-reactive ketones (excluding diaryl/α,β-unsaturated/α-hetero) is 2. The lowest BCUT2D eigenvalue weighted by Crippen LogP contribution is -2.66. The number of carbonyl (C=O) groups excluding carboxylic acids is 4. The lowest BCUT2D eigenvalue weighted by molar-refractivity contribution is -0.191. The Balaban J connectivity index is 1.55. The molecule has 0 amide bonds. The van der Waals surface area contributed by atoms with Crippen LogP contribution in [0.15, 0.2) is 22.8 Å². The molecule has 5 aliphatic rings. The fraction of sp³-hybridized carbons (Fsp3) is 0.724. The Morgan fingerprint density at radius 3 is 2.43 bits per heavy atom. The maximum Gasteiger partial charge on any atom is 0.334 e. The van der Waals surface area contributed by atoms with Gasteiger partial charge < -0.3 is 20.1 Å². The van der Waals surface area contributed by atoms with Gasteiger partial charge in [0.1, 0.15) is 23.6 Å². The third-order valence-corrected chi connectivity index (χ3v) is 11.1. The van der Waals surface area contributed by atoms with Crippen LogP contribution >= 0.6 is 0 Å². The van der Waals surface area contributed by atoms with Gasteiger partial charge in [0.15, 0.2) is 11.6 Å². The van der Waals surface area contributed by atoms with Gasteiger partial charge in [-0.2, -0.15) is 0 Å². The molecule has 1 aliphatic heterocycles. The van der Waals surface area contributed by atoms with Crippen molar-refractivity contribution in [1.29, 1.82) is 0 Å². The van der Waals surface area contributed by atoms with Crippen molar-refractivity contribution in [2.75, 3.05) is 0 Å². The second-order valence-electron chi connectivity index (χ2n) is 12.7. The molecule has 1 heterocycles. The lowest BCUT2D eigenvalue weighted by Gasteiger charge is -2.59. The fourth-order valence-electron chi connectivity index (χ4n) is 8.59. The summed E-state index contributed by atoms with van der Waals surface area (Å²) in [5, 5.41) is 34.6. The zero-order valence-electron chi connectivity index (χ0n) is 22.3. The van der Waals surface area contributed by atoms with E-state index < -0.39 is 58.0 Å². The Hall–Kier alpha value is -2.16. The van der Waals surface area contributed by atoms with Crippen molar-refractivity contribution in [3.05, 3.63) is 22.8 Å². The second kappa shape index (κ2) is 8.17. The quantitative estimate of drug-likeness (QED) is 0.488. The van der Waals surface area contributed by atoms with Crippen LogP contribution in [0.2, 0.25) is 0 Å². The predicted molar refractivity (Wildman–Crippen MR) is 132 cm³/mol. The molecule has 0 spiro atoms. The summed E-state index contributed by atoms with van der Waals surface area (Å²) in [6, 6.07) is 0. The number of esters is 1. The highest BCUT2D eigenvalue weighted by Gasteiger charge is 2.72. The van der Waals surface area contributed by atoms with Crippen LogP contribution in [0.3, 0.4) is 0 Å². The van der Waals surface area contributed by atoms with Crippen LogP contribution in [-0.2, 0) is 23.9 Å². The first-order valence-corrected chi connectivity index (χ1v) is 13.5. The van der Waals surface area contributed by atoms with Gasteiger partial charge in [0, 0.05) is 36.7 Å². The van der Waals surface area contributed by atoms with Crippen LogP contribution < -0.4 is 0 Å². The number of ether oxygens (including phenoxy) is 1. The molecule has 9 atom stereocenters. The number of carbonyl (C=O) groups is 4. The molecule has 0 aromatic heterocycles. The van der Waals surface area contributed by atoms with Crippen LogP contribution in [0.5, 0.6) is 0 Å². The summed E-state index contributed by atoms with van der Waals surface area (Å²) in [6.45, 7) is 8.75. The van der Waals surface area contributed by atoms with E-state index in [2.05, 4.69) is 0 Å². The van der Waals surface area contributed by atoms with E-state index in [1.54, 1.807) is 20.8 Å². The minimum Gasteiger partial charge on any atom is -0.456 e. The van der Waals surface area contributed by atoms with Crippen molar-refractivity contribution in [3.63, 3.8) is 0 Å². The minimum atomic E-state index is -1.67. The van der Waals surface area contributed by atoms with Crippen molar-refractivity contribution < 1.29 is 39.2 Å². The number of rotatable bonds is 3. The monoisotopic (exact) mass is 514 g/mol. The summed E-state index contributed by atoms with van der Waals surface area (Å²) in [7, 11) is 0. The van der Waals surface area contributed by atoms with Crippen LogP contribution in [-0.4, -0.2) is 62.0 Å². The highest BCUT2D eigenvalue weighted by Crippen LogP contribution is 2.67. The van der Waals surface area contributed by atoms with Crippen molar-refractivity contribution in [2.45, 2.75) is 103 Å². The first-order valence-electron chi connectivity index (χ1n) is 13.5. The molecule has 0 saturated heterocycles. The number of allylic oxidation sites excluding steroid dienone is 1. The molecule has 5 rings (SSSR count). The Bertz CT molecular complexity index is 1160. The van der Waals surface area contributed by atoms with E-state index in [4.69, 9.17) is 4.74 Å². The van der Waals surface area contributed by atoms with Crippen LogP contribution in [0, 0.1) is 28.6 Å². The van der Waals surface area contributed by atoms with Crippen molar-refractivity contribution in [1.82, 2.24) is 0 Å². The molecule has 3 fully saturated rings. The molecule has 0 aromatic carbocycles. The van der Waals surface area contributed by atoms with Gasteiger partial charge in [-0.15, -0.1) is 0 Å². The van der Waals surface area contributed by atoms with Gasteiger partial charge in [0.05, 0.1) is 11.0 Å². The molecule has 3 saturated carbocycles. The van der Waals surface area contributed by atoms with Crippen LogP contribution in [0.1, 0.15) is 79.6 Å². The topological polar surface area (TPSA) is 138 Å². The van der Waals surface area contributed by atoms with Gasteiger partial charge in [-0.1, -0.05) is 19.4 Å². The average molecular weight is 515 g/mol. The number of aliphatic hydroxyl groups excluding tert-OH is 1. The van der Waals surface area contributed by atoms with E-state index in [-0.39, 0.29) is 43.0 Å². The Morgan fingerprint density at radius 1 is 1.11 bits per heavy atom. The summed E-state index contributed by atoms with van der Waals surface area (Å²) in [5.41, 5.74) is -3.59. The van der Waals surface area contributed by atoms with Gasteiger partial charge in [0.25, 0.3) is 0 Å². The van der Waals surface area contributed by atoms with Crippen LogP contribution in [0.25, 0.3) is 0 Å². The SMILES string of the molecule is CCC1=C(C)C(=O)O[C@@H]([C@](C)(O)[C@H]2CC[C@@]3(O)C4=CC(=O)[C@@H]5CC(=O)[C@@H](O)C[C@]5(C)[C@H]4CC(=O)[C@]23C)C1. The first-order chi connectivity index (χ1) is 17.1. The van der Waals surface area contributed by atoms with E-state index >= 15 is 0 Å². The molecule has 3 N–H and O–H groups in total. The highest BCUT2D eigenvalue weighted by atomic mass is 16.6. The van der Waals surface area contributed by atoms with Gasteiger partial charge in [0.2, 0.25) is 0 Å². The third kappa shape index (κ3) is 3.31. The molecule has 8 heteroatoms. The van der Waals surface area contributed by atoms with Crippen molar-refractivity contribution >= 4 is 23.3 Å². The van der Waals surface area contributed by atoms with Gasteiger partial charge in [-0.05, 0) is 69.4 Å². The number of cyclic esters (lactones) is 1. The van der Waals surface area contributed by atoms with Crippen molar-refractivity contribution in [2.24, 2.45) is 28.6 Å². The van der Waals surface area contributed by atoms with E-state index in [9.17, 15) is 34.5 Å². The molecule has 202 valence electrons. The normalized spacial score (nSPS) is 45.5. The molecule has 0 unspecified atom stereocenters. The zero-order chi connectivity index (χ0) is 27.3. The van der Waals surface area contributed by atoms with Gasteiger partial charge in [-0.25, -0.2) is 4.79 Å². The number of hydrogen-bond acceptors (Lipinski definition) is 8. The summed E-state index contributed by atoms with van der Waals surface area (Å²) >= 11 is 0. The molecule has 37 heavy (non-hydrogen) atoms. The smallest absolute Gasteiger partial charge is 0.334 e. The number of fused-ring (bicyclic) bond motifs is 5. The zero-order valence-corrected chi connectivity index (χ0v) is 22.3. The standard InChI is InChI=1S/C29H38O8/c1-6-15-9-24(37-25(34)14(15)2)28(5,35)22-7-8-29(36)17-10-19(30)18-11-20(31)21(32)13-26(18,3)16(17)12-23(33)27(22,29)4/h10,16,18,21-22,24,32,35-36H,6-9,11-13H2,1-5H3/t16-,18-,21-,22-,24+,26+,27-,28+,29+/m0/s1. The Labute approximate surface area is 217 Å². The summed E-state index contributed by atoms with van der Waals surface area (Å²) in [5.74, 6) is -3.17. The fourth-order valence-corrected chi connectivity index (χ4v) is 8.59. The van der Waals surface area contributed by atoms with E-state index in [1.165, 1.54) is 6.08 Å². The van der Waals surface area contributed by atoms with Crippen LogP contribution in [0.4, 0.5) is 0 Å². The summed E-state index contributed by atoms with van der Waals surface area (Å²) in [4.78, 5) is 52.2. The molecular formula is C29H38O8. The molecule has 8 nitrogen and oxygen atoms in total. The van der Waals surface area contributed by atoms with Gasteiger partial charge >= 0.3 is 5.97 Å². The predicted octanol–water partition coefficient (Wildman–Crippen LogP) is 2.37. The lowest BCUT2D eigenvalue weighted by atomic mass is 9.45. The average Bonchev–Trinajstić information content (AvgIpc) is 3.12. The summed E-state index contributed by atoms with van der Waals surface area (Å²) in [6.07, 6.45) is 0.887. The minimum absolute atomic E-state index is 0.0437. The maximum absolute atomic E-state index is 14.0. The van der Waals surface area contributed by atoms with E-state index in [0.717, 1.165) is 5.57 Å². The third-order valence-electron chi connectivity index (χ3n) is 11.1. The first kappa shape index (κ1) is 26.4. The highest BCUT2D eigenvalue weighted by molar-refractivity contribution is 6.01. The van der Waals surface area contributed by atoms with E-state index in [0.29, 0.717) is 30.4 Å². The molecular weight excluding hydrogens is 476 g/mol. The number of ketones is 3. The number of hydrogen-bond donors (Lipinski definition) is 3. The second-order valence-corrected chi connectivity index (χ2v) is 12.7. The molecule has 4 aliphatic carbocycles. The Morgan fingerprint density at radius 2 is 1.78 bits per heavy atom. The largest absolute Gasteiger partial charge is 0.456 e. The molecule has 0 radical (unpaired) electrons. The molecule has 0 aromatic rings. The van der Waals surface area contributed by atoms with E-state index in [1.807, 2.05) is 13.8 Å². The van der Waals surface area contributed by atoms with Crippen molar-refractivity contribution in [3.8, 4) is 0 Å².